The number of hydrogen-bond donors (Lipinski definition) is 2. The highest BCUT2D eigenvalue weighted by molar-refractivity contribution is 5.80. The van der Waals surface area contributed by atoms with Crippen molar-refractivity contribution < 1.29 is 14.6 Å². The Morgan fingerprint density at radius 1 is 1.55 bits per heavy atom. The lowest BCUT2D eigenvalue weighted by Gasteiger charge is -2.30. The molecule has 0 aliphatic carbocycles. The number of carbonyl (C=O) groups is 1. The number of carbonyl (C=O) groups excluding carboxylic acids is 1. The first-order valence-electron chi connectivity index (χ1n) is 7.91. The SMILES string of the molecule is CC(Oc1cccc(CO)c1)C(=O)NCC1CCCN(C)C1. The second-order valence-electron chi connectivity index (χ2n) is 6.08. The minimum atomic E-state index is -0.546. The van der Waals surface area contributed by atoms with Gasteiger partial charge in [0.15, 0.2) is 6.10 Å². The molecule has 2 rings (SSSR count). The van der Waals surface area contributed by atoms with Gasteiger partial charge in [0.05, 0.1) is 6.61 Å². The van der Waals surface area contributed by atoms with Crippen molar-refractivity contribution in [2.45, 2.75) is 32.5 Å². The molecule has 0 saturated carbocycles. The Morgan fingerprint density at radius 3 is 3.09 bits per heavy atom. The molecule has 122 valence electrons. The summed E-state index contributed by atoms with van der Waals surface area (Å²) in [7, 11) is 2.12. The third-order valence-corrected chi connectivity index (χ3v) is 4.05. The number of hydrogen-bond acceptors (Lipinski definition) is 4. The summed E-state index contributed by atoms with van der Waals surface area (Å²) in [5.41, 5.74) is 0.773. The van der Waals surface area contributed by atoms with E-state index in [9.17, 15) is 4.79 Å². The average Bonchev–Trinajstić information content (AvgIpc) is 2.52. The molecule has 1 fully saturated rings. The quantitative estimate of drug-likeness (QED) is 0.834. The standard InChI is InChI=1S/C17H26N2O3/c1-13(22-16-7-3-5-14(9-16)12-20)17(21)18-10-15-6-4-8-19(2)11-15/h3,5,7,9,13,15,20H,4,6,8,10-12H2,1-2H3,(H,18,21). The maximum atomic E-state index is 12.1. The van der Waals surface area contributed by atoms with Crippen LogP contribution in [-0.2, 0) is 11.4 Å². The van der Waals surface area contributed by atoms with Gasteiger partial charge in [0, 0.05) is 13.1 Å². The summed E-state index contributed by atoms with van der Waals surface area (Å²) in [6.07, 6.45) is 1.81. The van der Waals surface area contributed by atoms with Crippen molar-refractivity contribution in [1.29, 1.82) is 0 Å². The lowest BCUT2D eigenvalue weighted by Crippen LogP contribution is -2.42. The fourth-order valence-electron chi connectivity index (χ4n) is 2.80. The van der Waals surface area contributed by atoms with Crippen LogP contribution in [0.1, 0.15) is 25.3 Å². The van der Waals surface area contributed by atoms with Crippen LogP contribution in [0.4, 0.5) is 0 Å². The van der Waals surface area contributed by atoms with Gasteiger partial charge < -0.3 is 20.1 Å². The molecule has 5 nitrogen and oxygen atoms in total. The Labute approximate surface area is 132 Å². The van der Waals surface area contributed by atoms with Gasteiger partial charge in [-0.2, -0.15) is 0 Å². The van der Waals surface area contributed by atoms with Gasteiger partial charge in [-0.25, -0.2) is 0 Å². The fourth-order valence-corrected chi connectivity index (χ4v) is 2.80. The Kier molecular flexibility index (Phi) is 6.21. The normalized spacial score (nSPS) is 20.4. The Hall–Kier alpha value is -1.59. The van der Waals surface area contributed by atoms with Gasteiger partial charge in [0.25, 0.3) is 5.91 Å². The van der Waals surface area contributed by atoms with Crippen molar-refractivity contribution in [3.63, 3.8) is 0 Å². The van der Waals surface area contributed by atoms with E-state index in [0.717, 1.165) is 18.7 Å². The molecule has 1 heterocycles. The zero-order valence-electron chi connectivity index (χ0n) is 13.4. The summed E-state index contributed by atoms with van der Waals surface area (Å²) in [6.45, 7) is 4.59. The average molecular weight is 306 g/mol. The second-order valence-corrected chi connectivity index (χ2v) is 6.08. The second kappa shape index (κ2) is 8.15. The van der Waals surface area contributed by atoms with E-state index in [0.29, 0.717) is 18.2 Å². The molecule has 2 atom stereocenters. The lowest BCUT2D eigenvalue weighted by atomic mass is 9.98. The summed E-state index contributed by atoms with van der Waals surface area (Å²) in [4.78, 5) is 14.4. The van der Waals surface area contributed by atoms with Crippen LogP contribution in [0.3, 0.4) is 0 Å². The van der Waals surface area contributed by atoms with E-state index >= 15 is 0 Å². The summed E-state index contributed by atoms with van der Waals surface area (Å²) in [6, 6.07) is 7.17. The van der Waals surface area contributed by atoms with Crippen LogP contribution in [0.15, 0.2) is 24.3 Å². The highest BCUT2D eigenvalue weighted by Crippen LogP contribution is 2.16. The minimum Gasteiger partial charge on any atom is -0.481 e. The molecule has 1 aliphatic heterocycles. The predicted octanol–water partition coefficient (Wildman–Crippen LogP) is 1.40. The number of amides is 1. The van der Waals surface area contributed by atoms with Crippen LogP contribution in [0.25, 0.3) is 0 Å². The molecular formula is C17H26N2O3. The van der Waals surface area contributed by atoms with Crippen molar-refractivity contribution in [3.8, 4) is 5.75 Å². The van der Waals surface area contributed by atoms with Crippen molar-refractivity contribution in [2.75, 3.05) is 26.7 Å². The zero-order chi connectivity index (χ0) is 15.9. The Bertz CT molecular complexity index is 493. The van der Waals surface area contributed by atoms with Gasteiger partial charge >= 0.3 is 0 Å². The lowest BCUT2D eigenvalue weighted by molar-refractivity contribution is -0.127. The van der Waals surface area contributed by atoms with Crippen molar-refractivity contribution in [3.05, 3.63) is 29.8 Å². The molecule has 0 radical (unpaired) electrons. The van der Waals surface area contributed by atoms with Gasteiger partial charge in [-0.1, -0.05) is 12.1 Å². The number of ether oxygens (including phenoxy) is 1. The number of aliphatic hydroxyl groups is 1. The van der Waals surface area contributed by atoms with Crippen LogP contribution in [0, 0.1) is 5.92 Å². The summed E-state index contributed by atoms with van der Waals surface area (Å²) in [5.74, 6) is 1.03. The van der Waals surface area contributed by atoms with E-state index < -0.39 is 6.10 Å². The number of rotatable bonds is 6. The van der Waals surface area contributed by atoms with Gasteiger partial charge in [0.2, 0.25) is 0 Å². The molecule has 0 bridgehead atoms. The maximum Gasteiger partial charge on any atom is 0.260 e. The van der Waals surface area contributed by atoms with Crippen LogP contribution < -0.4 is 10.1 Å². The molecule has 1 aromatic rings. The molecule has 1 aliphatic rings. The first-order valence-corrected chi connectivity index (χ1v) is 7.91. The van der Waals surface area contributed by atoms with E-state index in [1.165, 1.54) is 12.8 Å². The number of likely N-dealkylation sites (tertiary alicyclic amines) is 1. The number of aliphatic hydroxyl groups excluding tert-OH is 1. The molecule has 1 aromatic carbocycles. The maximum absolute atomic E-state index is 12.1. The van der Waals surface area contributed by atoms with Gasteiger partial charge in [0.1, 0.15) is 5.75 Å². The van der Waals surface area contributed by atoms with Gasteiger partial charge in [-0.05, 0) is 57.0 Å². The summed E-state index contributed by atoms with van der Waals surface area (Å²) in [5, 5.41) is 12.1. The van der Waals surface area contributed by atoms with E-state index in [4.69, 9.17) is 9.84 Å². The fraction of sp³-hybridized carbons (Fsp3) is 0.588. The van der Waals surface area contributed by atoms with Crippen LogP contribution in [0.5, 0.6) is 5.75 Å². The largest absolute Gasteiger partial charge is 0.481 e. The molecule has 1 amide bonds. The summed E-state index contributed by atoms with van der Waals surface area (Å²) < 4.78 is 5.65. The van der Waals surface area contributed by atoms with E-state index in [1.807, 2.05) is 12.1 Å². The molecule has 2 N–H and O–H groups in total. The van der Waals surface area contributed by atoms with Crippen LogP contribution in [-0.4, -0.2) is 48.7 Å². The van der Waals surface area contributed by atoms with Crippen LogP contribution in [0.2, 0.25) is 0 Å². The monoisotopic (exact) mass is 306 g/mol. The third kappa shape index (κ3) is 5.00. The van der Waals surface area contributed by atoms with Crippen molar-refractivity contribution in [1.82, 2.24) is 10.2 Å². The van der Waals surface area contributed by atoms with Gasteiger partial charge in [-0.3, -0.25) is 4.79 Å². The molecule has 0 spiro atoms. The molecule has 2 unspecified atom stereocenters. The molecule has 22 heavy (non-hydrogen) atoms. The van der Waals surface area contributed by atoms with E-state index in [1.54, 1.807) is 19.1 Å². The van der Waals surface area contributed by atoms with Crippen molar-refractivity contribution >= 4 is 5.91 Å². The van der Waals surface area contributed by atoms with Crippen molar-refractivity contribution in [2.24, 2.45) is 5.92 Å². The van der Waals surface area contributed by atoms with E-state index in [2.05, 4.69) is 17.3 Å². The third-order valence-electron chi connectivity index (χ3n) is 4.05. The first-order chi connectivity index (χ1) is 10.6. The van der Waals surface area contributed by atoms with Crippen LogP contribution >= 0.6 is 0 Å². The molecule has 5 heteroatoms. The molecule has 1 saturated heterocycles. The highest BCUT2D eigenvalue weighted by atomic mass is 16.5. The van der Waals surface area contributed by atoms with Gasteiger partial charge in [-0.15, -0.1) is 0 Å². The summed E-state index contributed by atoms with van der Waals surface area (Å²) >= 11 is 0. The highest BCUT2D eigenvalue weighted by Gasteiger charge is 2.20. The Balaban J connectivity index is 1.78. The number of piperidine rings is 1. The minimum absolute atomic E-state index is 0.0347. The molecule has 0 aromatic heterocycles. The predicted molar refractivity (Wildman–Crippen MR) is 85.7 cm³/mol. The number of nitrogens with zero attached hydrogens (tertiary/aromatic N) is 1. The van der Waals surface area contributed by atoms with E-state index in [-0.39, 0.29) is 12.5 Å². The number of nitrogens with one attached hydrogen (secondary N) is 1. The number of benzene rings is 1. The topological polar surface area (TPSA) is 61.8 Å². The zero-order valence-corrected chi connectivity index (χ0v) is 13.4. The first kappa shape index (κ1) is 16.8. The molecular weight excluding hydrogens is 280 g/mol. The Morgan fingerprint density at radius 2 is 2.36 bits per heavy atom. The smallest absolute Gasteiger partial charge is 0.260 e.